The average molecular weight is 430 g/mol. The second-order valence-electron chi connectivity index (χ2n) is 6.49. The number of nitrogens with one attached hydrogen (secondary N) is 1. The second-order valence-corrected chi connectivity index (χ2v) is 6.49. The summed E-state index contributed by atoms with van der Waals surface area (Å²) < 4.78 is 31.0. The van der Waals surface area contributed by atoms with Crippen LogP contribution in [0.5, 0.6) is 5.75 Å². The molecule has 0 radical (unpaired) electrons. The maximum atomic E-state index is 13.1. The van der Waals surface area contributed by atoms with Gasteiger partial charge in [0.2, 0.25) is 0 Å². The number of amides is 1. The molecule has 1 amide bonds. The van der Waals surface area contributed by atoms with Gasteiger partial charge in [0.25, 0.3) is 11.5 Å². The van der Waals surface area contributed by atoms with E-state index in [1.165, 1.54) is 24.3 Å². The predicted molar refractivity (Wildman–Crippen MR) is 112 cm³/mol. The van der Waals surface area contributed by atoms with Crippen LogP contribution in [0.15, 0.2) is 64.2 Å². The minimum atomic E-state index is -3.13. The molecule has 2 aromatic carbocycles. The summed E-state index contributed by atoms with van der Waals surface area (Å²) in [5.74, 6) is -1.34. The summed E-state index contributed by atoms with van der Waals surface area (Å²) in [6.45, 7) is -1.50. The van der Waals surface area contributed by atoms with E-state index in [4.69, 9.17) is 5.73 Å². The zero-order valence-corrected chi connectivity index (χ0v) is 16.5. The van der Waals surface area contributed by atoms with Crippen molar-refractivity contribution in [2.45, 2.75) is 20.1 Å². The number of alkyl halides is 2. The van der Waals surface area contributed by atoms with Crippen LogP contribution in [0.1, 0.15) is 22.8 Å². The van der Waals surface area contributed by atoms with E-state index >= 15 is 0 Å². The molecule has 0 atom stereocenters. The number of nitrogens with zero attached hydrogens (tertiary/aromatic N) is 2. The molecule has 1 aromatic heterocycles. The first-order valence-corrected chi connectivity index (χ1v) is 9.35. The fraction of sp³-hybridized carbons (Fsp3) is 0.190. The van der Waals surface area contributed by atoms with Gasteiger partial charge in [0.15, 0.2) is 5.69 Å². The lowest BCUT2D eigenvalue weighted by atomic mass is 10.1. The third-order valence-corrected chi connectivity index (χ3v) is 4.56. The Bertz CT molecular complexity index is 1190. The molecule has 3 N–H and O–H groups in total. The standard InChI is InChI=1S/C21H20F2N4O4/c1-2-26(19(29)14-10-6-7-11-15(14)31-20(22)23)16-17(24)27(21(30)25-18(16)28)12-13-8-4-3-5-9-13/h3-11,20H,2,12,24H2,1H3,(H,25,28,30). The summed E-state index contributed by atoms with van der Waals surface area (Å²) in [7, 11) is 0. The number of carbonyl (C=O) groups is 1. The molecule has 0 spiro atoms. The third kappa shape index (κ3) is 4.63. The number of ether oxygens (including phenoxy) is 1. The number of anilines is 2. The molecule has 0 fully saturated rings. The van der Waals surface area contributed by atoms with Gasteiger partial charge in [-0.15, -0.1) is 0 Å². The van der Waals surface area contributed by atoms with Crippen molar-refractivity contribution < 1.29 is 18.3 Å². The van der Waals surface area contributed by atoms with Crippen molar-refractivity contribution in [3.8, 4) is 5.75 Å². The minimum Gasteiger partial charge on any atom is -0.434 e. The monoisotopic (exact) mass is 430 g/mol. The molecular formula is C21H20F2N4O4. The maximum absolute atomic E-state index is 13.1. The van der Waals surface area contributed by atoms with E-state index in [2.05, 4.69) is 9.72 Å². The van der Waals surface area contributed by atoms with Crippen molar-refractivity contribution in [2.24, 2.45) is 0 Å². The molecule has 3 rings (SSSR count). The largest absolute Gasteiger partial charge is 0.434 e. The normalized spacial score (nSPS) is 10.8. The first-order valence-electron chi connectivity index (χ1n) is 9.35. The lowest BCUT2D eigenvalue weighted by Crippen LogP contribution is -2.41. The quantitative estimate of drug-likeness (QED) is 0.598. The van der Waals surface area contributed by atoms with Gasteiger partial charge in [-0.3, -0.25) is 19.1 Å². The van der Waals surface area contributed by atoms with Crippen LogP contribution in [-0.2, 0) is 6.54 Å². The lowest BCUT2D eigenvalue weighted by molar-refractivity contribution is -0.0501. The van der Waals surface area contributed by atoms with Crippen LogP contribution in [0.4, 0.5) is 20.3 Å². The lowest BCUT2D eigenvalue weighted by Gasteiger charge is -2.24. The Labute approximate surface area is 175 Å². The average Bonchev–Trinajstić information content (AvgIpc) is 2.74. The smallest absolute Gasteiger partial charge is 0.387 e. The molecule has 162 valence electrons. The van der Waals surface area contributed by atoms with Crippen LogP contribution in [0.3, 0.4) is 0 Å². The topological polar surface area (TPSA) is 110 Å². The van der Waals surface area contributed by atoms with E-state index in [9.17, 15) is 23.2 Å². The maximum Gasteiger partial charge on any atom is 0.387 e. The summed E-state index contributed by atoms with van der Waals surface area (Å²) in [4.78, 5) is 41.3. The molecule has 1 heterocycles. The van der Waals surface area contributed by atoms with Crippen LogP contribution >= 0.6 is 0 Å². The van der Waals surface area contributed by atoms with Crippen molar-refractivity contribution in [3.05, 3.63) is 86.6 Å². The summed E-state index contributed by atoms with van der Waals surface area (Å²) >= 11 is 0. The molecule has 0 unspecified atom stereocenters. The zero-order chi connectivity index (χ0) is 22.5. The van der Waals surface area contributed by atoms with Crippen molar-refractivity contribution in [2.75, 3.05) is 17.2 Å². The second kappa shape index (κ2) is 9.24. The highest BCUT2D eigenvalue weighted by Gasteiger charge is 2.26. The number of aromatic nitrogens is 2. The van der Waals surface area contributed by atoms with Gasteiger partial charge in [-0.2, -0.15) is 8.78 Å². The van der Waals surface area contributed by atoms with E-state index in [1.807, 2.05) is 6.07 Å². The molecule has 0 saturated heterocycles. The molecule has 0 aliphatic heterocycles. The summed E-state index contributed by atoms with van der Waals surface area (Å²) in [5, 5.41) is 0. The molecular weight excluding hydrogens is 410 g/mol. The molecule has 0 aliphatic rings. The van der Waals surface area contributed by atoms with E-state index in [-0.39, 0.29) is 35.9 Å². The summed E-state index contributed by atoms with van der Waals surface area (Å²) in [6, 6.07) is 14.4. The van der Waals surface area contributed by atoms with Crippen molar-refractivity contribution in [1.82, 2.24) is 9.55 Å². The fourth-order valence-corrected chi connectivity index (χ4v) is 3.15. The number of halogens is 2. The number of benzene rings is 2. The van der Waals surface area contributed by atoms with Gasteiger partial charge in [0, 0.05) is 6.54 Å². The van der Waals surface area contributed by atoms with Crippen molar-refractivity contribution in [1.29, 1.82) is 0 Å². The fourth-order valence-electron chi connectivity index (χ4n) is 3.15. The first-order chi connectivity index (χ1) is 14.8. The highest BCUT2D eigenvalue weighted by atomic mass is 19.3. The van der Waals surface area contributed by atoms with Gasteiger partial charge in [-0.1, -0.05) is 42.5 Å². The molecule has 8 nitrogen and oxygen atoms in total. The Morgan fingerprint density at radius 3 is 2.42 bits per heavy atom. The molecule has 3 aromatic rings. The first kappa shape index (κ1) is 21.8. The minimum absolute atomic E-state index is 0.0152. The number of para-hydroxylation sites is 1. The molecule has 0 bridgehead atoms. The Kier molecular flexibility index (Phi) is 6.49. The summed E-state index contributed by atoms with van der Waals surface area (Å²) in [6.07, 6.45) is 0. The number of carbonyl (C=O) groups excluding carboxylic acids is 1. The molecule has 0 aliphatic carbocycles. The van der Waals surface area contributed by atoms with E-state index < -0.39 is 23.8 Å². The van der Waals surface area contributed by atoms with Crippen LogP contribution in [0, 0.1) is 0 Å². The Morgan fingerprint density at radius 1 is 1.13 bits per heavy atom. The number of nitrogens with two attached hydrogens (primary N) is 1. The van der Waals surface area contributed by atoms with Crippen LogP contribution in [-0.4, -0.2) is 28.6 Å². The highest BCUT2D eigenvalue weighted by Crippen LogP contribution is 2.25. The number of H-pyrrole nitrogens is 1. The third-order valence-electron chi connectivity index (χ3n) is 4.56. The van der Waals surface area contributed by atoms with E-state index in [0.717, 1.165) is 15.0 Å². The number of aromatic amines is 1. The summed E-state index contributed by atoms with van der Waals surface area (Å²) in [5.41, 5.74) is 4.86. The number of rotatable bonds is 7. The zero-order valence-electron chi connectivity index (χ0n) is 16.5. The van der Waals surface area contributed by atoms with Crippen molar-refractivity contribution >= 4 is 17.4 Å². The van der Waals surface area contributed by atoms with E-state index in [1.54, 1.807) is 31.2 Å². The number of nitrogen functional groups attached to an aromatic ring is 1. The van der Waals surface area contributed by atoms with E-state index in [0.29, 0.717) is 0 Å². The molecule has 0 saturated carbocycles. The highest BCUT2D eigenvalue weighted by molar-refractivity contribution is 6.08. The van der Waals surface area contributed by atoms with Gasteiger partial charge in [0.1, 0.15) is 11.6 Å². The Balaban J connectivity index is 2.08. The van der Waals surface area contributed by atoms with Crippen LogP contribution < -0.4 is 26.6 Å². The van der Waals surface area contributed by atoms with Gasteiger partial charge in [-0.05, 0) is 24.6 Å². The van der Waals surface area contributed by atoms with Crippen LogP contribution in [0.25, 0.3) is 0 Å². The predicted octanol–water partition coefficient (Wildman–Crippen LogP) is 2.44. The number of hydrogen-bond acceptors (Lipinski definition) is 5. The molecule has 31 heavy (non-hydrogen) atoms. The van der Waals surface area contributed by atoms with Gasteiger partial charge in [-0.25, -0.2) is 4.79 Å². The Morgan fingerprint density at radius 2 is 1.77 bits per heavy atom. The van der Waals surface area contributed by atoms with Crippen LogP contribution in [0.2, 0.25) is 0 Å². The Hall–Kier alpha value is -3.95. The van der Waals surface area contributed by atoms with Crippen molar-refractivity contribution in [3.63, 3.8) is 0 Å². The van der Waals surface area contributed by atoms with Gasteiger partial charge in [0.05, 0.1) is 12.1 Å². The molecule has 10 heteroatoms. The number of hydrogen-bond donors (Lipinski definition) is 2. The van der Waals surface area contributed by atoms with Gasteiger partial charge < -0.3 is 15.4 Å². The van der Waals surface area contributed by atoms with Gasteiger partial charge >= 0.3 is 12.3 Å². The SMILES string of the molecule is CCN(C(=O)c1ccccc1OC(F)F)c1c(N)n(Cc2ccccc2)c(=O)[nH]c1=O.